The first-order valence-electron chi connectivity index (χ1n) is 11.1. The van der Waals surface area contributed by atoms with Gasteiger partial charge in [-0.15, -0.1) is 4.91 Å². The average molecular weight is 480 g/mol. The average Bonchev–Trinajstić information content (AvgIpc) is 3.31. The lowest BCUT2D eigenvalue weighted by atomic mass is 9.92. The fraction of sp³-hybridized carbons (Fsp3) is 0.292. The highest BCUT2D eigenvalue weighted by molar-refractivity contribution is 6.49. The molecule has 0 radical (unpaired) electrons. The Balaban J connectivity index is 1.17. The smallest absolute Gasteiger partial charge is 0.298 e. The summed E-state index contributed by atoms with van der Waals surface area (Å²) in [5.74, 6) is -0.942. The Kier molecular flexibility index (Phi) is 6.12. The summed E-state index contributed by atoms with van der Waals surface area (Å²) < 4.78 is 5.86. The number of carbonyl (C=O) groups is 2. The number of aromatic nitrogens is 1. The highest BCUT2D eigenvalue weighted by Gasteiger charge is 2.35. The molecule has 2 heterocycles. The second kappa shape index (κ2) is 9.36. The maximum atomic E-state index is 12.9. The van der Waals surface area contributed by atoms with E-state index in [1.54, 1.807) is 24.3 Å². The fourth-order valence-corrected chi connectivity index (χ4v) is 4.64. The molecule has 0 N–H and O–H groups in total. The number of carbonyl (C=O) groups excluding carboxylic acids is 2. The summed E-state index contributed by atoms with van der Waals surface area (Å²) in [6.07, 6.45) is 0.575. The van der Waals surface area contributed by atoms with Crippen LogP contribution < -0.4 is 4.90 Å². The van der Waals surface area contributed by atoms with Crippen molar-refractivity contribution in [3.63, 3.8) is 0 Å². The van der Waals surface area contributed by atoms with E-state index >= 15 is 0 Å². The lowest BCUT2D eigenvalue weighted by molar-refractivity contribution is 0.0945. The van der Waals surface area contributed by atoms with Gasteiger partial charge in [-0.1, -0.05) is 48.0 Å². The minimum absolute atomic E-state index is 0.152. The van der Waals surface area contributed by atoms with Crippen molar-refractivity contribution in [2.45, 2.75) is 6.42 Å². The van der Waals surface area contributed by atoms with Crippen LogP contribution in [0.2, 0.25) is 0 Å². The lowest BCUT2D eigenvalue weighted by Crippen LogP contribution is -2.47. The van der Waals surface area contributed by atoms with Gasteiger partial charge in [0, 0.05) is 50.4 Å². The normalized spacial score (nSPS) is 16.8. The van der Waals surface area contributed by atoms with E-state index in [4.69, 9.17) is 16.0 Å². The van der Waals surface area contributed by atoms with E-state index in [-0.39, 0.29) is 28.4 Å². The van der Waals surface area contributed by atoms with E-state index in [1.807, 2.05) is 24.3 Å². The van der Waals surface area contributed by atoms with Crippen LogP contribution >= 0.6 is 11.6 Å². The molecule has 34 heavy (non-hydrogen) atoms. The summed E-state index contributed by atoms with van der Waals surface area (Å²) in [4.78, 5) is 46.0. The fourth-order valence-electron chi connectivity index (χ4n) is 4.36. The molecule has 0 bridgehead atoms. The molecule has 9 nitrogen and oxygen atoms in total. The number of ketones is 2. The van der Waals surface area contributed by atoms with Crippen molar-refractivity contribution in [1.82, 2.24) is 14.9 Å². The van der Waals surface area contributed by atoms with Gasteiger partial charge in [-0.05, 0) is 18.6 Å². The number of benzene rings is 2. The number of nitrogens with zero attached hydrogens (tertiary/aromatic N) is 5. The van der Waals surface area contributed by atoms with Crippen molar-refractivity contribution < 1.29 is 14.0 Å². The van der Waals surface area contributed by atoms with Gasteiger partial charge < -0.3 is 9.32 Å². The third-order valence-electron chi connectivity index (χ3n) is 6.16. The first kappa shape index (κ1) is 22.2. The summed E-state index contributed by atoms with van der Waals surface area (Å²) in [6, 6.07) is 14.7. The maximum absolute atomic E-state index is 12.9. The van der Waals surface area contributed by atoms with E-state index in [9.17, 15) is 14.5 Å². The molecule has 2 aromatic carbocycles. The van der Waals surface area contributed by atoms with Crippen LogP contribution in [0, 0.1) is 4.91 Å². The van der Waals surface area contributed by atoms with Crippen molar-refractivity contribution in [3.05, 3.63) is 75.3 Å². The largest absolute Gasteiger partial charge is 0.423 e. The topological polar surface area (TPSA) is 99.3 Å². The number of hydrogen-bond donors (Lipinski definition) is 0. The van der Waals surface area contributed by atoms with E-state index in [0.717, 1.165) is 42.3 Å². The molecule has 0 saturated carbocycles. The number of fused-ring (bicyclic) bond motifs is 2. The Bertz CT molecular complexity index is 1260. The maximum Gasteiger partial charge on any atom is 0.298 e. The van der Waals surface area contributed by atoms with Crippen molar-refractivity contribution in [1.29, 1.82) is 0 Å². The number of anilines is 1. The molecule has 1 fully saturated rings. The molecular formula is C24H22ClN5O4. The molecule has 1 aliphatic carbocycles. The summed E-state index contributed by atoms with van der Waals surface area (Å²) in [7, 11) is 0. The van der Waals surface area contributed by atoms with Gasteiger partial charge in [0.2, 0.25) is 11.6 Å². The highest BCUT2D eigenvalue weighted by Crippen LogP contribution is 2.31. The Morgan fingerprint density at radius 2 is 1.65 bits per heavy atom. The molecule has 10 heteroatoms. The SMILES string of the molecule is O=NN(CCCN1CCN(c2nc3ccccc3o2)CC1)C1=C(Cl)C(=O)c2ccccc2C1=O. The van der Waals surface area contributed by atoms with Crippen molar-refractivity contribution in [2.24, 2.45) is 5.29 Å². The number of Topliss-reactive ketones (excluding diaryl/α,β-unsaturated/α-hetero) is 2. The van der Waals surface area contributed by atoms with Crippen molar-refractivity contribution >= 4 is 40.3 Å². The number of halogens is 1. The van der Waals surface area contributed by atoms with Gasteiger partial charge >= 0.3 is 0 Å². The first-order valence-corrected chi connectivity index (χ1v) is 11.5. The Morgan fingerprint density at radius 1 is 0.971 bits per heavy atom. The molecular weight excluding hydrogens is 458 g/mol. The van der Waals surface area contributed by atoms with Crippen LogP contribution in [0.15, 0.2) is 69.0 Å². The summed E-state index contributed by atoms with van der Waals surface area (Å²) in [6.45, 7) is 4.04. The first-order chi connectivity index (χ1) is 16.6. The zero-order chi connectivity index (χ0) is 23.7. The van der Waals surface area contributed by atoms with Gasteiger partial charge in [-0.25, -0.2) is 5.01 Å². The minimum Gasteiger partial charge on any atom is -0.423 e. The summed E-state index contributed by atoms with van der Waals surface area (Å²) in [5, 5.41) is 3.73. The number of para-hydroxylation sites is 2. The zero-order valence-corrected chi connectivity index (χ0v) is 19.1. The molecule has 1 aromatic heterocycles. The molecule has 1 aliphatic heterocycles. The molecule has 174 valence electrons. The van der Waals surface area contributed by atoms with Crippen molar-refractivity contribution in [3.8, 4) is 0 Å². The summed E-state index contributed by atoms with van der Waals surface area (Å²) in [5.41, 5.74) is 1.93. The molecule has 3 aromatic rings. The summed E-state index contributed by atoms with van der Waals surface area (Å²) >= 11 is 6.20. The molecule has 0 amide bonds. The predicted molar refractivity (Wildman–Crippen MR) is 128 cm³/mol. The predicted octanol–water partition coefficient (Wildman–Crippen LogP) is 3.85. The Labute approximate surface area is 200 Å². The second-order valence-electron chi connectivity index (χ2n) is 8.22. The van der Waals surface area contributed by atoms with E-state index < -0.39 is 11.6 Å². The van der Waals surface area contributed by atoms with Crippen LogP contribution in [0.4, 0.5) is 6.01 Å². The number of allylic oxidation sites excluding steroid dienone is 2. The zero-order valence-electron chi connectivity index (χ0n) is 18.3. The number of hydrogen-bond acceptors (Lipinski definition) is 8. The van der Waals surface area contributed by atoms with Crippen molar-refractivity contribution in [2.75, 3.05) is 44.2 Å². The molecule has 0 spiro atoms. The Hall–Kier alpha value is -3.56. The van der Waals surface area contributed by atoms with Gasteiger partial charge in [0.25, 0.3) is 6.01 Å². The van der Waals surface area contributed by atoms with Crippen LogP contribution in [0.3, 0.4) is 0 Å². The number of piperazine rings is 1. The van der Waals surface area contributed by atoms with Gasteiger partial charge in [-0.2, -0.15) is 4.98 Å². The van der Waals surface area contributed by atoms with E-state index in [2.05, 4.69) is 20.1 Å². The second-order valence-corrected chi connectivity index (χ2v) is 8.60. The minimum atomic E-state index is -0.476. The third-order valence-corrected chi connectivity index (χ3v) is 6.52. The number of rotatable bonds is 7. The van der Waals surface area contributed by atoms with Crippen LogP contribution in [0.5, 0.6) is 0 Å². The van der Waals surface area contributed by atoms with E-state index in [0.29, 0.717) is 19.0 Å². The standard InChI is InChI=1S/C24H22ClN5O4/c25-20-21(23(32)17-7-2-1-6-16(17)22(20)31)30(27-33)11-5-10-28-12-14-29(15-13-28)24-26-18-8-3-4-9-19(18)34-24/h1-4,6-9H,5,10-15H2. The molecule has 0 unspecified atom stereocenters. The molecule has 5 rings (SSSR count). The van der Waals surface area contributed by atoms with Gasteiger partial charge in [0.1, 0.15) is 16.2 Å². The quantitative estimate of drug-likeness (QED) is 0.372. The third kappa shape index (κ3) is 4.08. The molecule has 1 saturated heterocycles. The van der Waals surface area contributed by atoms with Gasteiger partial charge in [-0.3, -0.25) is 14.5 Å². The van der Waals surface area contributed by atoms with Crippen LogP contribution in [0.25, 0.3) is 11.1 Å². The van der Waals surface area contributed by atoms with Crippen LogP contribution in [0.1, 0.15) is 27.1 Å². The van der Waals surface area contributed by atoms with Gasteiger partial charge in [0.05, 0.1) is 5.29 Å². The molecule has 2 aliphatic rings. The highest BCUT2D eigenvalue weighted by atomic mass is 35.5. The molecule has 0 atom stereocenters. The monoisotopic (exact) mass is 479 g/mol. The van der Waals surface area contributed by atoms with Gasteiger partial charge in [0.15, 0.2) is 5.58 Å². The number of oxazole rings is 1. The lowest BCUT2D eigenvalue weighted by Gasteiger charge is -2.34. The van der Waals surface area contributed by atoms with Crippen LogP contribution in [-0.4, -0.2) is 65.7 Å². The van der Waals surface area contributed by atoms with E-state index in [1.165, 1.54) is 0 Å². The van der Waals surface area contributed by atoms with Crippen LogP contribution in [-0.2, 0) is 0 Å². The Morgan fingerprint density at radius 3 is 2.35 bits per heavy atom. The number of nitroso groups, excluding NO2 is 1.